The number of carbonyl (C=O) groups is 2. The molecule has 1 aliphatic heterocycles. The summed E-state index contributed by atoms with van der Waals surface area (Å²) in [6, 6.07) is -0.888. The van der Waals surface area contributed by atoms with Gasteiger partial charge in [-0.2, -0.15) is 0 Å². The summed E-state index contributed by atoms with van der Waals surface area (Å²) in [4.78, 5) is 24.6. The van der Waals surface area contributed by atoms with E-state index in [0.29, 0.717) is 12.8 Å². The van der Waals surface area contributed by atoms with E-state index in [-0.39, 0.29) is 18.9 Å². The highest BCUT2D eigenvalue weighted by Gasteiger charge is 2.38. The molecule has 2 atom stereocenters. The standard InChI is InChI=1S/C25H37NO4/c1-2-3-4-5-6-7-8-9-10-11-12-13-14-15-16-17-18-19-24(28)26-21-22(27)20-23(26)25(29)30/h3-4,6-7,9-10,12-13,15-16,22-23,27H,2,5,8,11,14,17-21H2,1H3,(H,29,30)/b4-3+,7-6+,10-9+,13-12+,16-15+/t22?,23-/m0/s1. The minimum atomic E-state index is -1.04. The Hall–Kier alpha value is -2.40. The van der Waals surface area contributed by atoms with Gasteiger partial charge >= 0.3 is 5.97 Å². The molecule has 2 N–H and O–H groups in total. The summed E-state index contributed by atoms with van der Waals surface area (Å²) < 4.78 is 0. The van der Waals surface area contributed by atoms with Gasteiger partial charge < -0.3 is 15.1 Å². The van der Waals surface area contributed by atoms with Crippen molar-refractivity contribution in [2.75, 3.05) is 6.54 Å². The second kappa shape index (κ2) is 16.4. The van der Waals surface area contributed by atoms with Gasteiger partial charge in [-0.15, -0.1) is 0 Å². The van der Waals surface area contributed by atoms with Gasteiger partial charge in [0.25, 0.3) is 0 Å². The molecule has 0 aromatic heterocycles. The van der Waals surface area contributed by atoms with Crippen LogP contribution in [-0.2, 0) is 9.59 Å². The number of hydrogen-bond donors (Lipinski definition) is 2. The maximum Gasteiger partial charge on any atom is 0.326 e. The van der Waals surface area contributed by atoms with Crippen molar-refractivity contribution in [2.24, 2.45) is 0 Å². The van der Waals surface area contributed by atoms with Crippen molar-refractivity contribution < 1.29 is 19.8 Å². The number of β-amino-alcohol motifs (C(OH)–C–C–N with tert-alkyl or cyclic N) is 1. The minimum Gasteiger partial charge on any atom is -0.480 e. The molecule has 0 aromatic carbocycles. The number of nitrogens with zero attached hydrogens (tertiary/aromatic N) is 1. The Balaban J connectivity index is 2.07. The highest BCUT2D eigenvalue weighted by molar-refractivity contribution is 5.84. The van der Waals surface area contributed by atoms with Crippen LogP contribution in [-0.4, -0.2) is 45.7 Å². The van der Waals surface area contributed by atoms with Crippen LogP contribution in [0.5, 0.6) is 0 Å². The van der Waals surface area contributed by atoms with Gasteiger partial charge in [-0.25, -0.2) is 4.79 Å². The lowest BCUT2D eigenvalue weighted by molar-refractivity contribution is -0.148. The van der Waals surface area contributed by atoms with Crippen LogP contribution in [0.3, 0.4) is 0 Å². The number of aliphatic hydroxyl groups excluding tert-OH is 1. The fraction of sp³-hybridized carbons (Fsp3) is 0.520. The number of carboxylic acid groups (broad SMARTS) is 1. The summed E-state index contributed by atoms with van der Waals surface area (Å²) in [6.07, 6.45) is 27.5. The Kier molecular flexibility index (Phi) is 14.0. The van der Waals surface area contributed by atoms with Gasteiger partial charge in [-0.3, -0.25) is 4.79 Å². The summed E-state index contributed by atoms with van der Waals surface area (Å²) in [5.41, 5.74) is 0. The van der Waals surface area contributed by atoms with Gasteiger partial charge in [-0.05, 0) is 44.9 Å². The normalized spacial score (nSPS) is 20.1. The SMILES string of the molecule is CC/C=C/C/C=C/C/C=C/C/C=C/C/C=C/CCCC(=O)N1CC(O)C[C@H]1C(=O)O. The van der Waals surface area contributed by atoms with Crippen molar-refractivity contribution in [2.45, 2.75) is 76.9 Å². The third-order valence-corrected chi connectivity index (χ3v) is 4.80. The number of aliphatic carboxylic acids is 1. The van der Waals surface area contributed by atoms with Gasteiger partial charge in [0.1, 0.15) is 6.04 Å². The van der Waals surface area contributed by atoms with Crippen molar-refractivity contribution in [3.63, 3.8) is 0 Å². The highest BCUT2D eigenvalue weighted by atomic mass is 16.4. The van der Waals surface area contributed by atoms with Crippen LogP contribution in [0.4, 0.5) is 0 Å². The summed E-state index contributed by atoms with van der Waals surface area (Å²) in [5, 5.41) is 18.7. The molecule has 1 heterocycles. The molecule has 0 bridgehead atoms. The van der Waals surface area contributed by atoms with Crippen molar-refractivity contribution in [1.82, 2.24) is 4.90 Å². The number of hydrogen-bond acceptors (Lipinski definition) is 3. The third kappa shape index (κ3) is 11.6. The summed E-state index contributed by atoms with van der Waals surface area (Å²) in [7, 11) is 0. The van der Waals surface area contributed by atoms with E-state index in [1.807, 2.05) is 0 Å². The topological polar surface area (TPSA) is 77.8 Å². The Bertz CT molecular complexity index is 646. The number of amides is 1. The van der Waals surface area contributed by atoms with E-state index in [0.717, 1.165) is 38.5 Å². The zero-order valence-electron chi connectivity index (χ0n) is 18.2. The van der Waals surface area contributed by atoms with E-state index >= 15 is 0 Å². The van der Waals surface area contributed by atoms with Gasteiger partial charge in [0.05, 0.1) is 6.10 Å². The molecule has 0 aliphatic carbocycles. The van der Waals surface area contributed by atoms with Crippen molar-refractivity contribution in [3.8, 4) is 0 Å². The van der Waals surface area contributed by atoms with Crippen molar-refractivity contribution >= 4 is 11.9 Å². The molecule has 1 amide bonds. The minimum absolute atomic E-state index is 0.121. The molecule has 5 heteroatoms. The molecule has 30 heavy (non-hydrogen) atoms. The molecule has 166 valence electrons. The number of allylic oxidation sites excluding steroid dienone is 10. The monoisotopic (exact) mass is 415 g/mol. The van der Waals surface area contributed by atoms with E-state index < -0.39 is 18.1 Å². The van der Waals surface area contributed by atoms with E-state index in [4.69, 9.17) is 5.11 Å². The predicted octanol–water partition coefficient (Wildman–Crippen LogP) is 4.95. The fourth-order valence-electron chi connectivity index (χ4n) is 3.21. The van der Waals surface area contributed by atoms with E-state index in [2.05, 4.69) is 67.7 Å². The molecule has 0 aromatic rings. The molecule has 1 unspecified atom stereocenters. The number of aliphatic hydroxyl groups is 1. The van der Waals surface area contributed by atoms with E-state index in [9.17, 15) is 14.7 Å². The average Bonchev–Trinajstić information content (AvgIpc) is 3.12. The molecular formula is C25H37NO4. The molecule has 5 nitrogen and oxygen atoms in total. The lowest BCUT2D eigenvalue weighted by Gasteiger charge is -2.20. The first-order valence-corrected chi connectivity index (χ1v) is 11.0. The smallest absolute Gasteiger partial charge is 0.326 e. The quantitative estimate of drug-likeness (QED) is 0.311. The first kappa shape index (κ1) is 25.6. The van der Waals surface area contributed by atoms with Gasteiger partial charge in [0.15, 0.2) is 0 Å². The summed E-state index contributed by atoms with van der Waals surface area (Å²) in [6.45, 7) is 2.26. The highest BCUT2D eigenvalue weighted by Crippen LogP contribution is 2.19. The number of unbranched alkanes of at least 4 members (excludes halogenated alkanes) is 1. The van der Waals surface area contributed by atoms with Crippen LogP contribution in [0.25, 0.3) is 0 Å². The molecule has 1 rings (SSSR count). The van der Waals surface area contributed by atoms with Crippen LogP contribution in [0.15, 0.2) is 60.8 Å². The zero-order valence-corrected chi connectivity index (χ0v) is 18.2. The number of carboxylic acids is 1. The third-order valence-electron chi connectivity index (χ3n) is 4.80. The lowest BCUT2D eigenvalue weighted by Crippen LogP contribution is -2.40. The zero-order chi connectivity index (χ0) is 22.0. The number of carbonyl (C=O) groups excluding carboxylic acids is 1. The van der Waals surface area contributed by atoms with Crippen LogP contribution >= 0.6 is 0 Å². The Labute approximate surface area is 181 Å². The average molecular weight is 416 g/mol. The maximum absolute atomic E-state index is 12.2. The maximum atomic E-state index is 12.2. The number of likely N-dealkylation sites (tertiary alicyclic amines) is 1. The summed E-state index contributed by atoms with van der Waals surface area (Å²) >= 11 is 0. The Morgan fingerprint density at radius 1 is 0.867 bits per heavy atom. The Morgan fingerprint density at radius 3 is 1.87 bits per heavy atom. The van der Waals surface area contributed by atoms with Gasteiger partial charge in [0.2, 0.25) is 5.91 Å². The molecular weight excluding hydrogens is 378 g/mol. The molecule has 1 fully saturated rings. The first-order valence-electron chi connectivity index (χ1n) is 11.0. The summed E-state index contributed by atoms with van der Waals surface area (Å²) in [5.74, 6) is -1.23. The van der Waals surface area contributed by atoms with Crippen molar-refractivity contribution in [3.05, 3.63) is 60.8 Å². The Morgan fingerprint density at radius 2 is 1.37 bits per heavy atom. The molecule has 1 aliphatic rings. The van der Waals surface area contributed by atoms with Crippen LogP contribution in [0.2, 0.25) is 0 Å². The predicted molar refractivity (Wildman–Crippen MR) is 122 cm³/mol. The van der Waals surface area contributed by atoms with Crippen LogP contribution in [0, 0.1) is 0 Å². The molecule has 0 saturated carbocycles. The van der Waals surface area contributed by atoms with Crippen LogP contribution in [0.1, 0.15) is 64.7 Å². The van der Waals surface area contributed by atoms with E-state index in [1.165, 1.54) is 4.90 Å². The second-order valence-electron chi connectivity index (χ2n) is 7.39. The van der Waals surface area contributed by atoms with Gasteiger partial charge in [0, 0.05) is 19.4 Å². The van der Waals surface area contributed by atoms with Gasteiger partial charge in [-0.1, -0.05) is 67.7 Å². The largest absolute Gasteiger partial charge is 0.480 e. The van der Waals surface area contributed by atoms with E-state index in [1.54, 1.807) is 0 Å². The molecule has 1 saturated heterocycles. The lowest BCUT2D eigenvalue weighted by atomic mass is 10.1. The first-order chi connectivity index (χ1) is 14.6. The van der Waals surface area contributed by atoms with Crippen molar-refractivity contribution in [1.29, 1.82) is 0 Å². The number of rotatable bonds is 14. The molecule has 0 radical (unpaired) electrons. The fourth-order valence-corrected chi connectivity index (χ4v) is 3.21. The van der Waals surface area contributed by atoms with Crippen LogP contribution < -0.4 is 0 Å². The molecule has 0 spiro atoms. The second-order valence-corrected chi connectivity index (χ2v) is 7.39.